The lowest BCUT2D eigenvalue weighted by Crippen LogP contribution is -2.67. The van der Waals surface area contributed by atoms with Gasteiger partial charge in [0.1, 0.15) is 35.6 Å². The van der Waals surface area contributed by atoms with E-state index in [1.807, 2.05) is 97.9 Å². The van der Waals surface area contributed by atoms with Crippen LogP contribution in [0.5, 0.6) is 5.75 Å². The first kappa shape index (κ1) is 47.7. The van der Waals surface area contributed by atoms with Crippen LogP contribution in [-0.2, 0) is 59.0 Å². The first-order valence-electron chi connectivity index (χ1n) is 21.6. The molecule has 0 bridgehead atoms. The van der Waals surface area contributed by atoms with Gasteiger partial charge in [0.2, 0.25) is 18.3 Å². The molecule has 2 aliphatic heterocycles. The van der Waals surface area contributed by atoms with Gasteiger partial charge in [-0.15, -0.1) is 11.8 Å². The molecule has 4 aromatic rings. The summed E-state index contributed by atoms with van der Waals surface area (Å²) in [6, 6.07) is 31.8. The quantitative estimate of drug-likeness (QED) is 0.0568. The van der Waals surface area contributed by atoms with E-state index in [0.717, 1.165) is 22.3 Å². The number of ether oxygens (including phenoxy) is 7. The van der Waals surface area contributed by atoms with Gasteiger partial charge in [0, 0.05) is 52.0 Å². The van der Waals surface area contributed by atoms with E-state index in [2.05, 4.69) is 0 Å². The van der Waals surface area contributed by atoms with Gasteiger partial charge in [0.25, 0.3) is 0 Å². The van der Waals surface area contributed by atoms with Crippen LogP contribution in [0.15, 0.2) is 127 Å². The number of esters is 4. The third kappa shape index (κ3) is 11.7. The lowest BCUT2D eigenvalue weighted by Gasteiger charge is -2.52. The summed E-state index contributed by atoms with van der Waals surface area (Å²) in [7, 11) is 0. The van der Waals surface area contributed by atoms with Gasteiger partial charge in [-0.05, 0) is 71.2 Å². The molecule has 2 saturated heterocycles. The number of amides is 1. The highest BCUT2D eigenvalue weighted by Gasteiger charge is 2.55. The lowest BCUT2D eigenvalue weighted by molar-refractivity contribution is -0.254. The van der Waals surface area contributed by atoms with Gasteiger partial charge in [0.05, 0.1) is 24.4 Å². The number of anilines is 1. The van der Waals surface area contributed by atoms with Crippen LogP contribution in [0.3, 0.4) is 0 Å². The van der Waals surface area contributed by atoms with Crippen LogP contribution < -0.4 is 9.64 Å². The summed E-state index contributed by atoms with van der Waals surface area (Å²) in [5, 5.41) is -0.595. The number of carbonyl (C=O) groups excluding carboxylic acids is 5. The maximum absolute atomic E-state index is 14.3. The Bertz CT molecular complexity index is 2450. The molecule has 1 aliphatic carbocycles. The zero-order valence-corrected chi connectivity index (χ0v) is 38.1. The number of para-hydroxylation sites is 1. The zero-order valence-electron chi connectivity index (χ0n) is 37.3. The molecule has 3 aliphatic rings. The Labute approximate surface area is 387 Å². The van der Waals surface area contributed by atoms with Gasteiger partial charge in [-0.25, -0.2) is 4.39 Å². The van der Waals surface area contributed by atoms with Crippen LogP contribution in [0.4, 0.5) is 10.1 Å². The number of thioether (sulfide) groups is 1. The maximum Gasteiger partial charge on any atom is 0.303 e. The van der Waals surface area contributed by atoms with Crippen molar-refractivity contribution in [3.8, 4) is 5.75 Å². The number of nitrogens with zero attached hydrogens (tertiary/aromatic N) is 1. The smallest absolute Gasteiger partial charge is 0.303 e. The molecule has 1 amide bonds. The highest BCUT2D eigenvalue weighted by Crippen LogP contribution is 2.48. The number of carbonyl (C=O) groups is 5. The molecule has 0 radical (unpaired) electrons. The van der Waals surface area contributed by atoms with Crippen LogP contribution >= 0.6 is 11.8 Å². The topological polar surface area (TPSA) is 153 Å². The van der Waals surface area contributed by atoms with Crippen LogP contribution in [-0.4, -0.2) is 83.6 Å². The minimum Gasteiger partial charge on any atom is -0.463 e. The number of β-lactam (4-membered cyclic amide) rings is 1. The predicted molar refractivity (Wildman–Crippen MR) is 243 cm³/mol. The lowest BCUT2D eigenvalue weighted by atomic mass is 9.75. The van der Waals surface area contributed by atoms with Gasteiger partial charge in [0.15, 0.2) is 0 Å². The van der Waals surface area contributed by atoms with Crippen molar-refractivity contribution in [2.75, 3.05) is 17.3 Å². The van der Waals surface area contributed by atoms with Gasteiger partial charge >= 0.3 is 23.9 Å². The van der Waals surface area contributed by atoms with E-state index < -0.39 is 77.3 Å². The number of benzene rings is 4. The number of hydrogen-bond donors (Lipinski definition) is 0. The van der Waals surface area contributed by atoms with Crippen molar-refractivity contribution in [3.63, 3.8) is 0 Å². The molecule has 4 aromatic carbocycles. The van der Waals surface area contributed by atoms with Gasteiger partial charge in [-0.3, -0.25) is 24.0 Å². The third-order valence-electron chi connectivity index (χ3n) is 11.4. The fourth-order valence-corrected chi connectivity index (χ4v) is 9.73. The van der Waals surface area contributed by atoms with Crippen LogP contribution in [0.2, 0.25) is 0 Å². The molecule has 13 nitrogen and oxygen atoms in total. The summed E-state index contributed by atoms with van der Waals surface area (Å²) in [6.07, 6.45) is -0.336. The summed E-state index contributed by atoms with van der Waals surface area (Å²) in [5.41, 5.74) is 3.83. The maximum atomic E-state index is 14.3. The van der Waals surface area contributed by atoms with E-state index in [1.54, 1.807) is 23.1 Å². The molecule has 8 atom stereocenters. The van der Waals surface area contributed by atoms with Gasteiger partial charge in [-0.2, -0.15) is 0 Å². The van der Waals surface area contributed by atoms with Crippen molar-refractivity contribution in [2.45, 2.75) is 102 Å². The largest absolute Gasteiger partial charge is 0.463 e. The molecule has 4 unspecified atom stereocenters. The molecule has 2 fully saturated rings. The number of hydrogen-bond acceptors (Lipinski definition) is 13. The van der Waals surface area contributed by atoms with Crippen LogP contribution in [0.1, 0.15) is 70.3 Å². The first-order valence-corrected chi connectivity index (χ1v) is 22.6. The van der Waals surface area contributed by atoms with E-state index in [4.69, 9.17) is 33.2 Å². The monoisotopic (exact) mass is 921 g/mol. The average Bonchev–Trinajstić information content (AvgIpc) is 3.28. The molecule has 0 spiro atoms. The number of halogens is 1. The fraction of sp³-hybridized carbons (Fsp3) is 0.353. The molecule has 0 N–H and O–H groups in total. The van der Waals surface area contributed by atoms with Crippen molar-refractivity contribution in [2.24, 2.45) is 0 Å². The van der Waals surface area contributed by atoms with Crippen molar-refractivity contribution in [1.82, 2.24) is 0 Å². The van der Waals surface area contributed by atoms with Crippen molar-refractivity contribution in [3.05, 3.63) is 149 Å². The zero-order chi connectivity index (χ0) is 47.0. The first-order chi connectivity index (χ1) is 31.7. The Kier molecular flexibility index (Phi) is 15.4. The second-order valence-electron chi connectivity index (χ2n) is 16.4. The van der Waals surface area contributed by atoms with E-state index in [0.29, 0.717) is 23.4 Å². The molecule has 15 heteroatoms. The van der Waals surface area contributed by atoms with E-state index in [1.165, 1.54) is 51.6 Å². The second kappa shape index (κ2) is 21.3. The summed E-state index contributed by atoms with van der Waals surface area (Å²) < 4.78 is 55.5. The summed E-state index contributed by atoms with van der Waals surface area (Å²) in [4.78, 5) is 64.5. The third-order valence-corrected chi connectivity index (χ3v) is 12.7. The molecular weight excluding hydrogens is 870 g/mol. The summed E-state index contributed by atoms with van der Waals surface area (Å²) >= 11 is 1.37. The van der Waals surface area contributed by atoms with E-state index in [-0.39, 0.29) is 31.3 Å². The average molecular weight is 922 g/mol. The van der Waals surface area contributed by atoms with Gasteiger partial charge in [-0.1, -0.05) is 84.9 Å². The summed E-state index contributed by atoms with van der Waals surface area (Å²) in [5.74, 6) is -2.20. The molecular formula is C51H52FNO12S. The Balaban J connectivity index is 1.22. The Morgan fingerprint density at radius 3 is 2.20 bits per heavy atom. The van der Waals surface area contributed by atoms with Crippen LogP contribution in [0, 0.1) is 5.82 Å². The SMILES string of the molecule is CC(=O)OCC1CC(OC(C)=O)[C@@H](OC(C)=O)C(Oc2cccc(C3=CC=C([C@@H]4[C@@H](SC[C@H](OC(C)=O)c5ccc(F)cc5)C(=O)N4c4ccccc4)C(C)(OCc4ccccc4)C3)c2)O1. The van der Waals surface area contributed by atoms with E-state index >= 15 is 0 Å². The second-order valence-corrected chi connectivity index (χ2v) is 17.6. The normalized spacial score (nSPS) is 24.2. The van der Waals surface area contributed by atoms with Gasteiger partial charge < -0.3 is 38.1 Å². The molecule has 2 heterocycles. The number of allylic oxidation sites excluding steroid dienone is 2. The minimum absolute atomic E-state index is 0.0858. The molecule has 0 aromatic heterocycles. The fourth-order valence-electron chi connectivity index (χ4n) is 8.38. The van der Waals surface area contributed by atoms with E-state index in [9.17, 15) is 28.4 Å². The Morgan fingerprint density at radius 2 is 1.53 bits per heavy atom. The Morgan fingerprint density at radius 1 is 0.833 bits per heavy atom. The highest BCUT2D eigenvalue weighted by molar-refractivity contribution is 8.00. The molecule has 7 rings (SSSR count). The molecule has 346 valence electrons. The minimum atomic E-state index is -1.24. The summed E-state index contributed by atoms with van der Waals surface area (Å²) in [6.45, 7) is 7.20. The highest BCUT2D eigenvalue weighted by atomic mass is 32.2. The predicted octanol–water partition coefficient (Wildman–Crippen LogP) is 8.26. The number of rotatable bonds is 17. The van der Waals surface area contributed by atoms with Crippen molar-refractivity contribution < 1.29 is 61.5 Å². The van der Waals surface area contributed by atoms with Crippen molar-refractivity contribution in [1.29, 1.82) is 0 Å². The molecule has 0 saturated carbocycles. The standard InChI is InChI=1S/C51H52FNO12S/c1-31(54)59-29-42-26-44(61-32(2)55)47(63-34(4)57)50(65-42)64-41-18-12-15-37(25-41)38-21-24-43(51(5,27-38)60-28-35-13-8-6-9-14-35)46-48(49(58)53(46)40-16-10-7-11-17-40)66-30-45(62-33(3)56)36-19-22-39(52)23-20-36/h6-25,42,44-48,50H,26-30H2,1-5H3/t42?,44?,45-,46+,47+,48+,50?,51?/m0/s1. The van der Waals surface area contributed by atoms with Crippen LogP contribution in [0.25, 0.3) is 5.57 Å². The van der Waals surface area contributed by atoms with Crippen molar-refractivity contribution >= 4 is 52.8 Å². The molecule has 66 heavy (non-hydrogen) atoms. The Hall–Kier alpha value is -6.29.